The van der Waals surface area contributed by atoms with Gasteiger partial charge in [-0.05, 0) is 29.7 Å². The van der Waals surface area contributed by atoms with Crippen LogP contribution in [-0.4, -0.2) is 34.7 Å². The second kappa shape index (κ2) is 9.06. The third kappa shape index (κ3) is 4.38. The molecule has 176 valence electrons. The van der Waals surface area contributed by atoms with Crippen LogP contribution in [0.15, 0.2) is 71.5 Å². The average molecular weight is 469 g/mol. The van der Waals surface area contributed by atoms with E-state index < -0.39 is 5.91 Å². The molecule has 0 fully saturated rings. The first-order valence-electron chi connectivity index (χ1n) is 11.3. The molecule has 35 heavy (non-hydrogen) atoms. The maximum Gasteiger partial charge on any atom is 0.274 e. The summed E-state index contributed by atoms with van der Waals surface area (Å²) in [5.74, 6) is -0.0689. The number of amides is 2. The molecule has 2 amide bonds. The zero-order chi connectivity index (χ0) is 24.5. The molecule has 8 heteroatoms. The monoisotopic (exact) mass is 468 g/mol. The molecule has 0 aliphatic carbocycles. The predicted molar refractivity (Wildman–Crippen MR) is 133 cm³/mol. The van der Waals surface area contributed by atoms with E-state index in [0.717, 1.165) is 39.9 Å². The summed E-state index contributed by atoms with van der Waals surface area (Å²) in [6.45, 7) is 0.387. The zero-order valence-corrected chi connectivity index (χ0v) is 19.2. The van der Waals surface area contributed by atoms with Gasteiger partial charge in [0, 0.05) is 30.6 Å². The van der Waals surface area contributed by atoms with E-state index in [-0.39, 0.29) is 24.5 Å². The van der Waals surface area contributed by atoms with Gasteiger partial charge < -0.3 is 15.4 Å². The van der Waals surface area contributed by atoms with Crippen LogP contribution in [0, 0.1) is 0 Å². The number of nitrogens with two attached hydrogens (primary N) is 1. The van der Waals surface area contributed by atoms with Crippen LogP contribution in [0.5, 0.6) is 5.75 Å². The van der Waals surface area contributed by atoms with E-state index in [1.807, 2.05) is 48.5 Å². The maximum absolute atomic E-state index is 13.1. The molecule has 0 radical (unpaired) electrons. The molecule has 1 aliphatic rings. The molecular formula is C27H24N4O4. The molecule has 0 saturated carbocycles. The van der Waals surface area contributed by atoms with Crippen LogP contribution in [0.3, 0.4) is 0 Å². The number of aromatic nitrogens is 2. The topological polar surface area (TPSA) is 108 Å². The van der Waals surface area contributed by atoms with Crippen molar-refractivity contribution in [3.05, 3.63) is 88.2 Å². The van der Waals surface area contributed by atoms with Crippen molar-refractivity contribution in [3.63, 3.8) is 0 Å². The molecule has 0 bridgehead atoms. The number of nitrogens with zero attached hydrogens (tertiary/aromatic N) is 3. The lowest BCUT2D eigenvalue weighted by Gasteiger charge is -2.18. The normalized spacial score (nSPS) is 12.5. The van der Waals surface area contributed by atoms with Crippen molar-refractivity contribution in [1.82, 2.24) is 9.78 Å². The lowest BCUT2D eigenvalue weighted by molar-refractivity contribution is -0.120. The fourth-order valence-corrected chi connectivity index (χ4v) is 4.43. The summed E-state index contributed by atoms with van der Waals surface area (Å²) in [5, 5.41) is 5.88. The smallest absolute Gasteiger partial charge is 0.274 e. The number of ether oxygens (including phenoxy) is 1. The van der Waals surface area contributed by atoms with E-state index in [9.17, 15) is 14.4 Å². The fraction of sp³-hybridized carbons (Fsp3) is 0.185. The lowest BCUT2D eigenvalue weighted by atomic mass is 10.0. The number of fused-ring (bicyclic) bond motifs is 2. The molecular weight excluding hydrogens is 444 g/mol. The highest BCUT2D eigenvalue weighted by Crippen LogP contribution is 2.32. The Morgan fingerprint density at radius 2 is 1.77 bits per heavy atom. The summed E-state index contributed by atoms with van der Waals surface area (Å²) in [6, 6.07) is 20.6. The highest BCUT2D eigenvalue weighted by Gasteiger charge is 2.25. The molecule has 8 nitrogen and oxygen atoms in total. The molecule has 2 N–H and O–H groups in total. The van der Waals surface area contributed by atoms with Gasteiger partial charge in [0.05, 0.1) is 23.2 Å². The Bertz CT molecular complexity index is 1510. The number of carbonyl (C=O) groups is 2. The third-order valence-corrected chi connectivity index (χ3v) is 6.17. The number of aryl methyl sites for hydroxylation is 1. The molecule has 0 unspecified atom stereocenters. The molecule has 0 spiro atoms. The first-order chi connectivity index (χ1) is 16.9. The molecule has 0 saturated heterocycles. The van der Waals surface area contributed by atoms with Gasteiger partial charge in [-0.1, -0.05) is 48.5 Å². The molecule has 0 atom stereocenters. The molecule has 1 aromatic heterocycles. The van der Waals surface area contributed by atoms with Crippen LogP contribution in [0.25, 0.3) is 22.0 Å². The van der Waals surface area contributed by atoms with Crippen molar-refractivity contribution in [2.75, 3.05) is 18.1 Å². The number of hydrogen-bond donors (Lipinski definition) is 1. The Morgan fingerprint density at radius 1 is 1.03 bits per heavy atom. The van der Waals surface area contributed by atoms with Crippen molar-refractivity contribution in [2.45, 2.75) is 12.8 Å². The number of carbonyl (C=O) groups excluding carboxylic acids is 2. The standard InChI is InChI=1S/C27H24N4O4/c1-30-27(34)22-5-3-2-4-21(22)26(29-30)19-8-6-17(7-9-19)14-25(33)31-13-12-18-10-11-20(15-23(18)31)35-16-24(28)32/h2-11,15H,12-14,16H2,1H3,(H2,28,32). The van der Waals surface area contributed by atoms with E-state index >= 15 is 0 Å². The van der Waals surface area contributed by atoms with E-state index in [0.29, 0.717) is 17.7 Å². The van der Waals surface area contributed by atoms with Crippen LogP contribution >= 0.6 is 0 Å². The Labute approximate surface area is 201 Å². The van der Waals surface area contributed by atoms with Gasteiger partial charge >= 0.3 is 0 Å². The second-order valence-electron chi connectivity index (χ2n) is 8.54. The molecule has 3 aromatic carbocycles. The Balaban J connectivity index is 1.36. The maximum atomic E-state index is 13.1. The van der Waals surface area contributed by atoms with Gasteiger partial charge in [0.1, 0.15) is 5.75 Å². The summed E-state index contributed by atoms with van der Waals surface area (Å²) in [5.41, 5.74) is 9.35. The molecule has 5 rings (SSSR count). The van der Waals surface area contributed by atoms with E-state index in [4.69, 9.17) is 10.5 Å². The van der Waals surface area contributed by atoms with Crippen molar-refractivity contribution < 1.29 is 14.3 Å². The summed E-state index contributed by atoms with van der Waals surface area (Å²) >= 11 is 0. The van der Waals surface area contributed by atoms with Crippen molar-refractivity contribution in [1.29, 1.82) is 0 Å². The third-order valence-electron chi connectivity index (χ3n) is 6.17. The van der Waals surface area contributed by atoms with Gasteiger partial charge in [0.25, 0.3) is 11.5 Å². The van der Waals surface area contributed by atoms with Gasteiger partial charge in [-0.25, -0.2) is 4.68 Å². The lowest BCUT2D eigenvalue weighted by Crippen LogP contribution is -2.30. The van der Waals surface area contributed by atoms with Crippen LogP contribution < -0.4 is 20.9 Å². The van der Waals surface area contributed by atoms with E-state index in [2.05, 4.69) is 5.10 Å². The van der Waals surface area contributed by atoms with Crippen LogP contribution in [0.4, 0.5) is 5.69 Å². The first kappa shape index (κ1) is 22.3. The number of primary amides is 1. The highest BCUT2D eigenvalue weighted by molar-refractivity contribution is 5.97. The minimum atomic E-state index is -0.553. The number of hydrogen-bond acceptors (Lipinski definition) is 5. The number of rotatable bonds is 6. The number of anilines is 1. The SMILES string of the molecule is Cn1nc(-c2ccc(CC(=O)N3CCc4ccc(OCC(N)=O)cc43)cc2)c2ccccc2c1=O. The Hall–Kier alpha value is -4.46. The number of benzene rings is 3. The van der Waals surface area contributed by atoms with Gasteiger partial charge in [-0.15, -0.1) is 0 Å². The van der Waals surface area contributed by atoms with Crippen molar-refractivity contribution in [2.24, 2.45) is 12.8 Å². The summed E-state index contributed by atoms with van der Waals surface area (Å²) in [7, 11) is 1.64. The Morgan fingerprint density at radius 3 is 2.51 bits per heavy atom. The minimum Gasteiger partial charge on any atom is -0.484 e. The second-order valence-corrected chi connectivity index (χ2v) is 8.54. The van der Waals surface area contributed by atoms with E-state index in [1.165, 1.54) is 4.68 Å². The largest absolute Gasteiger partial charge is 0.484 e. The van der Waals surface area contributed by atoms with Gasteiger partial charge in [-0.2, -0.15) is 5.10 Å². The fourth-order valence-electron chi connectivity index (χ4n) is 4.43. The predicted octanol–water partition coefficient (Wildman–Crippen LogP) is 2.60. The van der Waals surface area contributed by atoms with Gasteiger partial charge in [-0.3, -0.25) is 14.4 Å². The summed E-state index contributed by atoms with van der Waals surface area (Å²) < 4.78 is 6.75. The van der Waals surface area contributed by atoms with Crippen molar-refractivity contribution >= 4 is 28.3 Å². The molecule has 2 heterocycles. The highest BCUT2D eigenvalue weighted by atomic mass is 16.5. The molecule has 4 aromatic rings. The first-order valence-corrected chi connectivity index (χ1v) is 11.3. The quantitative estimate of drug-likeness (QED) is 0.468. The van der Waals surface area contributed by atoms with Crippen molar-refractivity contribution in [3.8, 4) is 17.0 Å². The van der Waals surface area contributed by atoms with E-state index in [1.54, 1.807) is 30.1 Å². The zero-order valence-electron chi connectivity index (χ0n) is 19.2. The Kier molecular flexibility index (Phi) is 5.78. The summed E-state index contributed by atoms with van der Waals surface area (Å²) in [4.78, 5) is 38.3. The summed E-state index contributed by atoms with van der Waals surface area (Å²) in [6.07, 6.45) is 1.01. The average Bonchev–Trinajstić information content (AvgIpc) is 3.29. The minimum absolute atomic E-state index is 0.0192. The van der Waals surface area contributed by atoms with Crippen LogP contribution in [0.2, 0.25) is 0 Å². The van der Waals surface area contributed by atoms with Crippen LogP contribution in [-0.2, 0) is 29.5 Å². The molecule has 1 aliphatic heterocycles. The van der Waals surface area contributed by atoms with Crippen LogP contribution in [0.1, 0.15) is 11.1 Å². The van der Waals surface area contributed by atoms with Gasteiger partial charge in [0.15, 0.2) is 6.61 Å². The van der Waals surface area contributed by atoms with Gasteiger partial charge in [0.2, 0.25) is 5.91 Å².